The number of hydrogen-bond donors (Lipinski definition) is 2. The van der Waals surface area contributed by atoms with E-state index in [0.717, 1.165) is 0 Å². The molecule has 0 bridgehead atoms. The number of ether oxygens (including phenoxy) is 2. The van der Waals surface area contributed by atoms with Gasteiger partial charge in [0.2, 0.25) is 0 Å². The van der Waals surface area contributed by atoms with Crippen molar-refractivity contribution in [2.75, 3.05) is 26.3 Å². The zero-order valence-corrected chi connectivity index (χ0v) is 13.6. The van der Waals surface area contributed by atoms with Crippen LogP contribution >= 0.6 is 0 Å². The molecule has 2 rings (SSSR count). The van der Waals surface area contributed by atoms with Crippen LogP contribution in [0, 0.1) is 6.92 Å². The Morgan fingerprint density at radius 1 is 1.32 bits per heavy atom. The molecule has 0 saturated carbocycles. The van der Waals surface area contributed by atoms with Gasteiger partial charge in [0, 0.05) is 19.5 Å². The fraction of sp³-hybridized carbons (Fsp3) is 0.588. The maximum Gasteiger partial charge on any atom is 0.314 e. The van der Waals surface area contributed by atoms with Crippen LogP contribution in [-0.2, 0) is 9.47 Å². The van der Waals surface area contributed by atoms with E-state index in [1.54, 1.807) is 0 Å². The molecule has 1 aliphatic rings. The Bertz CT molecular complexity index is 498. The van der Waals surface area contributed by atoms with Gasteiger partial charge in [0.25, 0.3) is 0 Å². The number of urea groups is 1. The highest BCUT2D eigenvalue weighted by Crippen LogP contribution is 2.21. The minimum absolute atomic E-state index is 0.152. The highest BCUT2D eigenvalue weighted by molar-refractivity contribution is 5.73. The van der Waals surface area contributed by atoms with Gasteiger partial charge in [-0.2, -0.15) is 0 Å². The summed E-state index contributed by atoms with van der Waals surface area (Å²) >= 11 is 0. The highest BCUT2D eigenvalue weighted by Gasteiger charge is 2.30. The van der Waals surface area contributed by atoms with Crippen LogP contribution in [0.5, 0.6) is 0 Å². The third-order valence-electron chi connectivity index (χ3n) is 3.94. The topological polar surface area (TPSA) is 59.6 Å². The van der Waals surface area contributed by atoms with Crippen molar-refractivity contribution in [1.29, 1.82) is 0 Å². The summed E-state index contributed by atoms with van der Waals surface area (Å²) in [4.78, 5) is 11.8. The van der Waals surface area contributed by atoms with Crippen LogP contribution in [0.15, 0.2) is 24.3 Å². The molecule has 0 aromatic heterocycles. The molecule has 0 spiro atoms. The van der Waals surface area contributed by atoms with Gasteiger partial charge < -0.3 is 20.1 Å². The van der Waals surface area contributed by atoms with Crippen molar-refractivity contribution in [2.45, 2.75) is 38.9 Å². The van der Waals surface area contributed by atoms with Crippen LogP contribution in [0.3, 0.4) is 0 Å². The molecule has 5 heteroatoms. The molecular formula is C17H26N2O3. The number of aryl methyl sites for hydroxylation is 1. The monoisotopic (exact) mass is 306 g/mol. The average Bonchev–Trinajstić information content (AvgIpc) is 2.91. The first-order valence-corrected chi connectivity index (χ1v) is 7.85. The first-order valence-electron chi connectivity index (χ1n) is 7.85. The maximum absolute atomic E-state index is 11.8. The molecule has 1 fully saturated rings. The van der Waals surface area contributed by atoms with E-state index in [2.05, 4.69) is 42.7 Å². The second kappa shape index (κ2) is 7.61. The summed E-state index contributed by atoms with van der Waals surface area (Å²) in [6, 6.07) is 8.21. The molecule has 2 amide bonds. The minimum Gasteiger partial charge on any atom is -0.348 e. The van der Waals surface area contributed by atoms with Crippen molar-refractivity contribution in [3.8, 4) is 0 Å². The van der Waals surface area contributed by atoms with Gasteiger partial charge in [-0.05, 0) is 25.3 Å². The normalized spacial score (nSPS) is 18.0. The average molecular weight is 306 g/mol. The standard InChI is InChI=1S/C17H26N2O3/c1-13-5-4-6-15(11-13)14(2)12-19-16(20)18-8-7-17(3)21-9-10-22-17/h4-6,11,14H,7-10,12H2,1-3H3,(H2,18,19,20)/t14-/m0/s1. The molecule has 0 unspecified atom stereocenters. The van der Waals surface area contributed by atoms with Crippen LogP contribution in [0.4, 0.5) is 4.79 Å². The predicted octanol–water partition coefficient (Wildman–Crippen LogP) is 2.55. The fourth-order valence-corrected chi connectivity index (χ4v) is 2.51. The van der Waals surface area contributed by atoms with Gasteiger partial charge in [0.15, 0.2) is 5.79 Å². The van der Waals surface area contributed by atoms with Gasteiger partial charge in [-0.1, -0.05) is 36.8 Å². The predicted molar refractivity (Wildman–Crippen MR) is 85.9 cm³/mol. The third-order valence-corrected chi connectivity index (χ3v) is 3.94. The summed E-state index contributed by atoms with van der Waals surface area (Å²) in [5.41, 5.74) is 2.47. The lowest BCUT2D eigenvalue weighted by molar-refractivity contribution is -0.145. The lowest BCUT2D eigenvalue weighted by Crippen LogP contribution is -2.40. The highest BCUT2D eigenvalue weighted by atomic mass is 16.7. The van der Waals surface area contributed by atoms with E-state index in [4.69, 9.17) is 9.47 Å². The molecule has 2 N–H and O–H groups in total. The zero-order chi connectivity index (χ0) is 16.0. The van der Waals surface area contributed by atoms with Crippen molar-refractivity contribution in [3.05, 3.63) is 35.4 Å². The van der Waals surface area contributed by atoms with Crippen LogP contribution in [0.25, 0.3) is 0 Å². The number of benzene rings is 1. The van der Waals surface area contributed by atoms with Gasteiger partial charge in [-0.25, -0.2) is 4.79 Å². The molecule has 1 aromatic rings. The van der Waals surface area contributed by atoms with Gasteiger partial charge in [0.1, 0.15) is 0 Å². The lowest BCUT2D eigenvalue weighted by atomic mass is 9.99. The Balaban J connectivity index is 1.67. The molecular weight excluding hydrogens is 280 g/mol. The Hall–Kier alpha value is -1.59. The Morgan fingerprint density at radius 3 is 2.73 bits per heavy atom. The van der Waals surface area contributed by atoms with Crippen LogP contribution in [-0.4, -0.2) is 38.1 Å². The van der Waals surface area contributed by atoms with Crippen molar-refractivity contribution in [2.24, 2.45) is 0 Å². The molecule has 122 valence electrons. The SMILES string of the molecule is Cc1cccc([C@@H](C)CNC(=O)NCCC2(C)OCCO2)c1. The van der Waals surface area contributed by atoms with E-state index in [9.17, 15) is 4.79 Å². The zero-order valence-electron chi connectivity index (χ0n) is 13.6. The summed E-state index contributed by atoms with van der Waals surface area (Å²) < 4.78 is 11.0. The molecule has 1 aromatic carbocycles. The number of amides is 2. The molecule has 0 aliphatic carbocycles. The molecule has 1 aliphatic heterocycles. The number of hydrogen-bond acceptors (Lipinski definition) is 3. The number of carbonyl (C=O) groups excluding carboxylic acids is 1. The van der Waals surface area contributed by atoms with Crippen LogP contribution in [0.2, 0.25) is 0 Å². The fourth-order valence-electron chi connectivity index (χ4n) is 2.51. The Kier molecular flexibility index (Phi) is 5.80. The van der Waals surface area contributed by atoms with E-state index < -0.39 is 5.79 Å². The number of carbonyl (C=O) groups is 1. The summed E-state index contributed by atoms with van der Waals surface area (Å²) in [5.74, 6) is -0.271. The summed E-state index contributed by atoms with van der Waals surface area (Å²) in [6.07, 6.45) is 0.647. The van der Waals surface area contributed by atoms with Gasteiger partial charge >= 0.3 is 6.03 Å². The molecule has 1 saturated heterocycles. The van der Waals surface area contributed by atoms with Crippen molar-refractivity contribution < 1.29 is 14.3 Å². The Labute approximate surface area is 132 Å². The van der Waals surface area contributed by atoms with Gasteiger partial charge in [-0.15, -0.1) is 0 Å². The summed E-state index contributed by atoms with van der Waals surface area (Å²) in [5, 5.41) is 5.75. The summed E-state index contributed by atoms with van der Waals surface area (Å²) in [7, 11) is 0. The van der Waals surface area contributed by atoms with E-state index in [0.29, 0.717) is 32.7 Å². The molecule has 22 heavy (non-hydrogen) atoms. The Morgan fingerprint density at radius 2 is 2.05 bits per heavy atom. The lowest BCUT2D eigenvalue weighted by Gasteiger charge is -2.22. The molecule has 1 heterocycles. The van der Waals surface area contributed by atoms with E-state index in [-0.39, 0.29) is 11.9 Å². The second-order valence-corrected chi connectivity index (χ2v) is 6.03. The second-order valence-electron chi connectivity index (χ2n) is 6.03. The first-order chi connectivity index (χ1) is 10.5. The first kappa shape index (κ1) is 16.8. The third kappa shape index (κ3) is 5.00. The van der Waals surface area contributed by atoms with Crippen molar-refractivity contribution >= 4 is 6.03 Å². The van der Waals surface area contributed by atoms with Crippen molar-refractivity contribution in [3.63, 3.8) is 0 Å². The number of rotatable bonds is 6. The molecule has 5 nitrogen and oxygen atoms in total. The quantitative estimate of drug-likeness (QED) is 0.849. The van der Waals surface area contributed by atoms with Crippen LogP contribution in [0.1, 0.15) is 37.3 Å². The van der Waals surface area contributed by atoms with Crippen molar-refractivity contribution in [1.82, 2.24) is 10.6 Å². The van der Waals surface area contributed by atoms with Gasteiger partial charge in [0.05, 0.1) is 13.2 Å². The molecule has 0 radical (unpaired) electrons. The van der Waals surface area contributed by atoms with Crippen LogP contribution < -0.4 is 10.6 Å². The van der Waals surface area contributed by atoms with E-state index in [1.807, 2.05) is 13.0 Å². The smallest absolute Gasteiger partial charge is 0.314 e. The van der Waals surface area contributed by atoms with E-state index >= 15 is 0 Å². The number of nitrogens with one attached hydrogen (secondary N) is 2. The maximum atomic E-state index is 11.8. The molecule has 1 atom stereocenters. The van der Waals surface area contributed by atoms with Gasteiger partial charge in [-0.3, -0.25) is 0 Å². The van der Waals surface area contributed by atoms with E-state index in [1.165, 1.54) is 11.1 Å². The minimum atomic E-state index is -0.553. The summed E-state index contributed by atoms with van der Waals surface area (Å²) in [6.45, 7) is 8.47. The largest absolute Gasteiger partial charge is 0.348 e.